The zero-order valence-electron chi connectivity index (χ0n) is 7.13. The monoisotopic (exact) mass is 244 g/mol. The smallest absolute Gasteiger partial charge is 0.231 e. The molecule has 0 saturated carbocycles. The number of aryl methyl sites for hydroxylation is 1. The highest BCUT2D eigenvalue weighted by Gasteiger charge is 2.20. The Labute approximate surface area is 84.4 Å². The average Bonchev–Trinajstić information content (AvgIpc) is 2.53. The van der Waals surface area contributed by atoms with Crippen LogP contribution in [0.25, 0.3) is 0 Å². The van der Waals surface area contributed by atoms with Crippen molar-refractivity contribution in [2.24, 2.45) is 0 Å². The molecule has 1 N–H and O–H groups in total. The molecule has 4 heteroatoms. The molecule has 1 heterocycles. The first-order valence-corrected chi connectivity index (χ1v) is 4.71. The Morgan fingerprint density at radius 2 is 2.31 bits per heavy atom. The molecule has 0 bridgehead atoms. The molecule has 0 saturated heterocycles. The van der Waals surface area contributed by atoms with Crippen molar-refractivity contribution in [3.05, 3.63) is 21.7 Å². The van der Waals surface area contributed by atoms with E-state index in [4.69, 9.17) is 14.6 Å². The maximum Gasteiger partial charge on any atom is 0.231 e. The first-order valence-electron chi connectivity index (χ1n) is 3.92. The third-order valence-electron chi connectivity index (χ3n) is 2.09. The highest BCUT2D eigenvalue weighted by molar-refractivity contribution is 9.10. The normalized spacial score (nSPS) is 13.5. The van der Waals surface area contributed by atoms with Crippen LogP contribution in [0, 0.1) is 6.92 Å². The van der Waals surface area contributed by atoms with Gasteiger partial charge in [-0.2, -0.15) is 0 Å². The zero-order chi connectivity index (χ0) is 9.42. The van der Waals surface area contributed by atoms with Gasteiger partial charge >= 0.3 is 0 Å². The fraction of sp³-hybridized carbons (Fsp3) is 0.333. The van der Waals surface area contributed by atoms with E-state index in [1.165, 1.54) is 0 Å². The third-order valence-corrected chi connectivity index (χ3v) is 2.93. The van der Waals surface area contributed by atoms with Crippen LogP contribution in [0.4, 0.5) is 0 Å². The molecule has 13 heavy (non-hydrogen) atoms. The van der Waals surface area contributed by atoms with Crippen LogP contribution in [0.1, 0.15) is 11.1 Å². The van der Waals surface area contributed by atoms with Crippen molar-refractivity contribution in [3.63, 3.8) is 0 Å². The van der Waals surface area contributed by atoms with E-state index in [1.807, 2.05) is 13.0 Å². The van der Waals surface area contributed by atoms with Gasteiger partial charge in [0.25, 0.3) is 0 Å². The summed E-state index contributed by atoms with van der Waals surface area (Å²) in [5.74, 6) is 1.43. The molecule has 0 aliphatic carbocycles. The molecule has 3 nitrogen and oxygen atoms in total. The second kappa shape index (κ2) is 3.20. The van der Waals surface area contributed by atoms with Gasteiger partial charge in [0.2, 0.25) is 6.79 Å². The van der Waals surface area contributed by atoms with E-state index in [1.54, 1.807) is 0 Å². The lowest BCUT2D eigenvalue weighted by atomic mass is 10.1. The average molecular weight is 245 g/mol. The molecule has 0 fully saturated rings. The largest absolute Gasteiger partial charge is 0.454 e. The molecule has 2 rings (SSSR count). The Hall–Kier alpha value is -0.740. The van der Waals surface area contributed by atoms with Gasteiger partial charge < -0.3 is 14.6 Å². The molecular formula is C9H9BrO3. The highest BCUT2D eigenvalue weighted by Crippen LogP contribution is 2.42. The van der Waals surface area contributed by atoms with Crippen molar-refractivity contribution in [1.82, 2.24) is 0 Å². The Morgan fingerprint density at radius 3 is 3.00 bits per heavy atom. The van der Waals surface area contributed by atoms with Crippen molar-refractivity contribution in [3.8, 4) is 11.5 Å². The number of aliphatic hydroxyl groups excluding tert-OH is 1. The van der Waals surface area contributed by atoms with Crippen LogP contribution in [0.15, 0.2) is 10.5 Å². The molecular weight excluding hydrogens is 236 g/mol. The van der Waals surface area contributed by atoms with Gasteiger partial charge in [-0.3, -0.25) is 0 Å². The summed E-state index contributed by atoms with van der Waals surface area (Å²) in [6.45, 7) is 2.18. The molecule has 0 unspecified atom stereocenters. The maximum absolute atomic E-state index is 9.10. The van der Waals surface area contributed by atoms with E-state index in [0.717, 1.165) is 21.3 Å². The summed E-state index contributed by atoms with van der Waals surface area (Å²) in [5, 5.41) is 9.10. The zero-order valence-corrected chi connectivity index (χ0v) is 8.72. The maximum atomic E-state index is 9.10. The summed E-state index contributed by atoms with van der Waals surface area (Å²) in [5.41, 5.74) is 1.85. The van der Waals surface area contributed by atoms with Gasteiger partial charge in [-0.15, -0.1) is 0 Å². The van der Waals surface area contributed by atoms with Crippen molar-refractivity contribution in [2.45, 2.75) is 13.5 Å². The first-order chi connectivity index (χ1) is 6.24. The van der Waals surface area contributed by atoms with Crippen LogP contribution in [0.2, 0.25) is 0 Å². The number of benzene rings is 1. The van der Waals surface area contributed by atoms with Crippen molar-refractivity contribution in [1.29, 1.82) is 0 Å². The Morgan fingerprint density at radius 1 is 1.54 bits per heavy atom. The molecule has 1 aliphatic rings. The Bertz CT molecular complexity index is 345. The van der Waals surface area contributed by atoms with E-state index in [-0.39, 0.29) is 13.4 Å². The van der Waals surface area contributed by atoms with Gasteiger partial charge in [0.1, 0.15) is 0 Å². The van der Waals surface area contributed by atoms with Crippen LogP contribution in [-0.4, -0.2) is 11.9 Å². The molecule has 1 aromatic rings. The first kappa shape index (κ1) is 8.84. The van der Waals surface area contributed by atoms with E-state index < -0.39 is 0 Å². The Kier molecular flexibility index (Phi) is 2.17. The summed E-state index contributed by atoms with van der Waals surface area (Å²) in [6, 6.07) is 1.87. The number of rotatable bonds is 1. The molecule has 1 aromatic carbocycles. The van der Waals surface area contributed by atoms with E-state index in [0.29, 0.717) is 5.75 Å². The number of fused-ring (bicyclic) bond motifs is 1. The van der Waals surface area contributed by atoms with Gasteiger partial charge in [0.15, 0.2) is 11.5 Å². The van der Waals surface area contributed by atoms with Gasteiger partial charge in [-0.1, -0.05) is 0 Å². The summed E-state index contributed by atoms with van der Waals surface area (Å²) in [7, 11) is 0. The minimum atomic E-state index is 0.00303. The molecule has 0 amide bonds. The predicted molar refractivity (Wildman–Crippen MR) is 50.9 cm³/mol. The van der Waals surface area contributed by atoms with E-state index >= 15 is 0 Å². The topological polar surface area (TPSA) is 38.7 Å². The van der Waals surface area contributed by atoms with E-state index in [9.17, 15) is 0 Å². The fourth-order valence-corrected chi connectivity index (χ4v) is 2.10. The number of ether oxygens (including phenoxy) is 2. The molecule has 0 radical (unpaired) electrons. The lowest BCUT2D eigenvalue weighted by Gasteiger charge is -2.07. The number of aliphatic hydroxyl groups is 1. The van der Waals surface area contributed by atoms with E-state index in [2.05, 4.69) is 15.9 Å². The molecule has 0 spiro atoms. The number of hydrogen-bond donors (Lipinski definition) is 1. The van der Waals surface area contributed by atoms with Gasteiger partial charge in [0, 0.05) is 0 Å². The SMILES string of the molecule is Cc1cc2c(c(Br)c1CO)OCO2. The van der Waals surface area contributed by atoms with Gasteiger partial charge in [-0.05, 0) is 40.0 Å². The van der Waals surface area contributed by atoms with Crippen LogP contribution in [0.3, 0.4) is 0 Å². The minimum absolute atomic E-state index is 0.00303. The van der Waals surface area contributed by atoms with Gasteiger partial charge in [-0.25, -0.2) is 0 Å². The third kappa shape index (κ3) is 1.30. The predicted octanol–water partition coefficient (Wildman–Crippen LogP) is 1.98. The summed E-state index contributed by atoms with van der Waals surface area (Å²) in [6.07, 6.45) is 0. The number of halogens is 1. The standard InChI is InChI=1S/C9H9BrO3/c1-5-2-7-9(13-4-12-7)8(10)6(5)3-11/h2,11H,3-4H2,1H3. The quantitative estimate of drug-likeness (QED) is 0.822. The van der Waals surface area contributed by atoms with Crippen molar-refractivity contribution in [2.75, 3.05) is 6.79 Å². The fourth-order valence-electron chi connectivity index (χ4n) is 1.36. The summed E-state index contributed by atoms with van der Waals surface area (Å²) < 4.78 is 11.3. The number of hydrogen-bond acceptors (Lipinski definition) is 3. The molecule has 1 aliphatic heterocycles. The van der Waals surface area contributed by atoms with Crippen molar-refractivity contribution < 1.29 is 14.6 Å². The molecule has 0 atom stereocenters. The van der Waals surface area contributed by atoms with Crippen LogP contribution in [-0.2, 0) is 6.61 Å². The van der Waals surface area contributed by atoms with Crippen LogP contribution >= 0.6 is 15.9 Å². The second-order valence-electron chi connectivity index (χ2n) is 2.88. The Balaban J connectivity index is 2.62. The van der Waals surface area contributed by atoms with Crippen LogP contribution < -0.4 is 9.47 Å². The highest BCUT2D eigenvalue weighted by atomic mass is 79.9. The van der Waals surface area contributed by atoms with Crippen LogP contribution in [0.5, 0.6) is 11.5 Å². The minimum Gasteiger partial charge on any atom is -0.454 e. The van der Waals surface area contributed by atoms with Crippen molar-refractivity contribution >= 4 is 15.9 Å². The lowest BCUT2D eigenvalue weighted by Crippen LogP contribution is -1.93. The van der Waals surface area contributed by atoms with Gasteiger partial charge in [0.05, 0.1) is 11.1 Å². The summed E-state index contributed by atoms with van der Waals surface area (Å²) in [4.78, 5) is 0. The second-order valence-corrected chi connectivity index (χ2v) is 3.67. The molecule has 70 valence electrons. The summed E-state index contributed by atoms with van der Waals surface area (Å²) >= 11 is 3.38. The lowest BCUT2D eigenvalue weighted by molar-refractivity contribution is 0.173. The molecule has 0 aromatic heterocycles.